The maximum absolute atomic E-state index is 11.2. The Bertz CT molecular complexity index is 523. The summed E-state index contributed by atoms with van der Waals surface area (Å²) >= 11 is 0. The molecule has 6 N–H and O–H groups in total. The van der Waals surface area contributed by atoms with Crippen LogP contribution < -0.4 is 10.6 Å². The van der Waals surface area contributed by atoms with Gasteiger partial charge in [-0.05, 0) is 12.1 Å². The maximum Gasteiger partial charge on any atom is 0.252 e. The molecule has 1 aliphatic rings. The minimum Gasteiger partial charge on any atom is -0.394 e. The molecule has 1 saturated heterocycles. The minimum atomic E-state index is -1.61. The molecule has 1 heterocycles. The Morgan fingerprint density at radius 2 is 1.86 bits per heavy atom. The molecule has 9 heteroatoms. The average molecular weight is 315 g/mol. The number of rotatable bonds is 5. The summed E-state index contributed by atoms with van der Waals surface area (Å²) in [5.74, 6) is -0.750. The number of hydrogen-bond acceptors (Lipinski definition) is 8. The molecule has 2 rings (SSSR count). The van der Waals surface area contributed by atoms with Gasteiger partial charge >= 0.3 is 0 Å². The molecule has 0 aliphatic carbocycles. The smallest absolute Gasteiger partial charge is 0.252 e. The third kappa shape index (κ3) is 3.35. The molecular weight excluding hydrogens is 298 g/mol. The van der Waals surface area contributed by atoms with Crippen molar-refractivity contribution >= 4 is 5.91 Å². The normalized spacial score (nSPS) is 31.7. The number of primary amides is 1. The van der Waals surface area contributed by atoms with E-state index >= 15 is 0 Å². The largest absolute Gasteiger partial charge is 0.394 e. The summed E-state index contributed by atoms with van der Waals surface area (Å²) in [7, 11) is 0. The third-order valence-corrected chi connectivity index (χ3v) is 3.23. The number of carbonyl (C=O) groups excluding carboxylic acids is 1. The van der Waals surface area contributed by atoms with Crippen molar-refractivity contribution in [3.05, 3.63) is 29.8 Å². The second kappa shape index (κ2) is 7.01. The van der Waals surface area contributed by atoms with E-state index in [9.17, 15) is 20.1 Å². The number of hydrogen-bond donors (Lipinski definition) is 5. The predicted octanol–water partition coefficient (Wildman–Crippen LogP) is -2.10. The lowest BCUT2D eigenvalue weighted by Gasteiger charge is -2.38. The molecule has 0 saturated carbocycles. The first-order valence-corrected chi connectivity index (χ1v) is 6.48. The molecule has 5 atom stereocenters. The SMILES string of the molecule is NC(=O)c1ccccc1OO[C@@H]1O[C@H](CO)[C@@H](O)[C@H](O)[C@H]1O. The lowest BCUT2D eigenvalue weighted by Crippen LogP contribution is -2.59. The van der Waals surface area contributed by atoms with Gasteiger partial charge in [0.1, 0.15) is 24.4 Å². The van der Waals surface area contributed by atoms with E-state index in [0.29, 0.717) is 0 Å². The van der Waals surface area contributed by atoms with Crippen molar-refractivity contribution in [2.75, 3.05) is 6.61 Å². The first kappa shape index (κ1) is 16.6. The molecule has 0 aromatic heterocycles. The molecule has 0 bridgehead atoms. The van der Waals surface area contributed by atoms with Crippen LogP contribution in [0, 0.1) is 0 Å². The molecule has 1 amide bonds. The van der Waals surface area contributed by atoms with Gasteiger partial charge in [0.15, 0.2) is 5.75 Å². The molecule has 1 aromatic rings. The molecule has 0 spiro atoms. The highest BCUT2D eigenvalue weighted by Crippen LogP contribution is 2.24. The summed E-state index contributed by atoms with van der Waals surface area (Å²) in [5.41, 5.74) is 5.22. The van der Waals surface area contributed by atoms with Gasteiger partial charge in [0, 0.05) is 0 Å². The number of amides is 1. The van der Waals surface area contributed by atoms with Crippen molar-refractivity contribution in [1.29, 1.82) is 0 Å². The van der Waals surface area contributed by atoms with Crippen LogP contribution in [0.4, 0.5) is 0 Å². The zero-order valence-electron chi connectivity index (χ0n) is 11.4. The van der Waals surface area contributed by atoms with Crippen LogP contribution in [0.15, 0.2) is 24.3 Å². The Hall–Kier alpha value is -1.75. The van der Waals surface area contributed by atoms with Crippen molar-refractivity contribution < 1.29 is 39.7 Å². The van der Waals surface area contributed by atoms with Crippen molar-refractivity contribution in [1.82, 2.24) is 0 Å². The first-order chi connectivity index (χ1) is 10.5. The minimum absolute atomic E-state index is 0.00744. The van der Waals surface area contributed by atoms with Gasteiger partial charge in [-0.2, -0.15) is 4.89 Å². The van der Waals surface area contributed by atoms with Crippen LogP contribution in [0.25, 0.3) is 0 Å². The van der Waals surface area contributed by atoms with Gasteiger partial charge in [-0.15, -0.1) is 0 Å². The van der Waals surface area contributed by atoms with Crippen LogP contribution >= 0.6 is 0 Å². The molecule has 1 fully saturated rings. The van der Waals surface area contributed by atoms with E-state index in [2.05, 4.69) is 0 Å². The number of nitrogens with two attached hydrogens (primary N) is 1. The Labute approximate surface area is 125 Å². The van der Waals surface area contributed by atoms with E-state index < -0.39 is 43.2 Å². The van der Waals surface area contributed by atoms with Crippen molar-refractivity contribution in [3.8, 4) is 5.75 Å². The highest BCUT2D eigenvalue weighted by atomic mass is 17.2. The van der Waals surface area contributed by atoms with Crippen LogP contribution in [0.3, 0.4) is 0 Å². The number of para-hydroxylation sites is 1. The Morgan fingerprint density at radius 3 is 2.50 bits per heavy atom. The highest BCUT2D eigenvalue weighted by molar-refractivity contribution is 5.95. The number of aliphatic hydroxyl groups excluding tert-OH is 4. The van der Waals surface area contributed by atoms with Gasteiger partial charge < -0.3 is 35.8 Å². The summed E-state index contributed by atoms with van der Waals surface area (Å²) in [6.07, 6.45) is -7.31. The van der Waals surface area contributed by atoms with Crippen molar-refractivity contribution in [2.45, 2.75) is 30.7 Å². The Kier molecular flexibility index (Phi) is 5.29. The van der Waals surface area contributed by atoms with Gasteiger partial charge in [0.05, 0.1) is 12.2 Å². The van der Waals surface area contributed by atoms with Gasteiger partial charge in [0.25, 0.3) is 5.91 Å². The van der Waals surface area contributed by atoms with E-state index in [1.807, 2.05) is 0 Å². The predicted molar refractivity (Wildman–Crippen MR) is 70.4 cm³/mol. The third-order valence-electron chi connectivity index (χ3n) is 3.23. The first-order valence-electron chi connectivity index (χ1n) is 6.48. The summed E-state index contributed by atoms with van der Waals surface area (Å²) in [6, 6.07) is 5.96. The molecule has 0 radical (unpaired) electrons. The van der Waals surface area contributed by atoms with Crippen LogP contribution in [-0.4, -0.2) is 63.6 Å². The molecular formula is C13H17NO8. The van der Waals surface area contributed by atoms with Gasteiger partial charge in [-0.25, -0.2) is 0 Å². The lowest BCUT2D eigenvalue weighted by molar-refractivity contribution is -0.387. The number of ether oxygens (including phenoxy) is 1. The standard InChI is InChI=1S/C13H17NO8/c14-12(19)6-3-1-2-4-7(6)21-22-13-11(18)10(17)9(16)8(5-15)20-13/h1-4,8-11,13,15-18H,5H2,(H2,14,19)/t8-,9-,10+,11-,13+/m1/s1. The fourth-order valence-electron chi connectivity index (χ4n) is 1.99. The van der Waals surface area contributed by atoms with Crippen LogP contribution in [0.5, 0.6) is 5.75 Å². The van der Waals surface area contributed by atoms with E-state index in [4.69, 9.17) is 25.4 Å². The topological polar surface area (TPSA) is 152 Å². The molecule has 1 aromatic carbocycles. The monoisotopic (exact) mass is 315 g/mol. The average Bonchev–Trinajstić information content (AvgIpc) is 2.52. The summed E-state index contributed by atoms with van der Waals surface area (Å²) < 4.78 is 5.08. The molecule has 122 valence electrons. The van der Waals surface area contributed by atoms with Gasteiger partial charge in [-0.1, -0.05) is 12.1 Å². The summed E-state index contributed by atoms with van der Waals surface area (Å²) in [5, 5.41) is 38.0. The zero-order chi connectivity index (χ0) is 16.3. The Balaban J connectivity index is 2.06. The van der Waals surface area contributed by atoms with E-state index in [1.165, 1.54) is 12.1 Å². The highest BCUT2D eigenvalue weighted by Gasteiger charge is 2.45. The van der Waals surface area contributed by atoms with E-state index in [1.54, 1.807) is 12.1 Å². The fraction of sp³-hybridized carbons (Fsp3) is 0.462. The van der Waals surface area contributed by atoms with Gasteiger partial charge in [0.2, 0.25) is 6.29 Å². The van der Waals surface area contributed by atoms with Gasteiger partial charge in [-0.3, -0.25) is 4.79 Å². The zero-order valence-corrected chi connectivity index (χ0v) is 11.4. The Morgan fingerprint density at radius 1 is 1.18 bits per heavy atom. The molecule has 22 heavy (non-hydrogen) atoms. The number of aliphatic hydroxyl groups is 4. The fourth-order valence-corrected chi connectivity index (χ4v) is 1.99. The second-order valence-electron chi connectivity index (χ2n) is 4.74. The van der Waals surface area contributed by atoms with Crippen molar-refractivity contribution in [3.63, 3.8) is 0 Å². The van der Waals surface area contributed by atoms with Crippen molar-refractivity contribution in [2.24, 2.45) is 5.73 Å². The number of carbonyl (C=O) groups is 1. The summed E-state index contributed by atoms with van der Waals surface area (Å²) in [4.78, 5) is 21.0. The van der Waals surface area contributed by atoms with E-state index in [-0.39, 0.29) is 11.3 Å². The van der Waals surface area contributed by atoms with Crippen LogP contribution in [0.1, 0.15) is 10.4 Å². The molecule has 9 nitrogen and oxygen atoms in total. The summed E-state index contributed by atoms with van der Waals surface area (Å²) in [6.45, 7) is -0.595. The van der Waals surface area contributed by atoms with Crippen LogP contribution in [0.2, 0.25) is 0 Å². The van der Waals surface area contributed by atoms with Crippen LogP contribution in [-0.2, 0) is 9.62 Å². The van der Waals surface area contributed by atoms with E-state index in [0.717, 1.165) is 0 Å². The quantitative estimate of drug-likeness (QED) is 0.306. The maximum atomic E-state index is 11.2. The lowest BCUT2D eigenvalue weighted by atomic mass is 9.99. The number of benzene rings is 1. The molecule has 1 aliphatic heterocycles. The molecule has 0 unspecified atom stereocenters. The second-order valence-corrected chi connectivity index (χ2v) is 4.74.